The summed E-state index contributed by atoms with van der Waals surface area (Å²) in [6.45, 7) is 2.44. The van der Waals surface area contributed by atoms with Gasteiger partial charge < -0.3 is 5.32 Å². The first-order chi connectivity index (χ1) is 7.77. The summed E-state index contributed by atoms with van der Waals surface area (Å²) in [5.41, 5.74) is 0.397. The normalized spacial score (nSPS) is 20.8. The van der Waals surface area contributed by atoms with Gasteiger partial charge in [-0.1, -0.05) is 6.42 Å². The van der Waals surface area contributed by atoms with E-state index in [1.807, 2.05) is 11.8 Å². The minimum atomic E-state index is -0.330. The van der Waals surface area contributed by atoms with Gasteiger partial charge in [-0.25, -0.2) is 14.4 Å². The highest BCUT2D eigenvalue weighted by Crippen LogP contribution is 2.25. The van der Waals surface area contributed by atoms with Crippen molar-refractivity contribution in [2.24, 2.45) is 0 Å². The molecule has 0 amide bonds. The molecule has 1 fully saturated rings. The van der Waals surface area contributed by atoms with E-state index in [1.165, 1.54) is 31.3 Å². The molecule has 1 aliphatic rings. The highest BCUT2D eigenvalue weighted by molar-refractivity contribution is 7.99. The van der Waals surface area contributed by atoms with Crippen LogP contribution in [0.25, 0.3) is 0 Å². The van der Waals surface area contributed by atoms with Crippen LogP contribution in [0.1, 0.15) is 25.0 Å². The molecule has 2 heterocycles. The van der Waals surface area contributed by atoms with Gasteiger partial charge in [-0.3, -0.25) is 0 Å². The summed E-state index contributed by atoms with van der Waals surface area (Å²) in [7, 11) is 0. The molecule has 1 N–H and O–H groups in total. The van der Waals surface area contributed by atoms with Crippen LogP contribution in [-0.4, -0.2) is 27.5 Å². The molecular weight excluding hydrogens is 225 g/mol. The number of aromatic nitrogens is 2. The summed E-state index contributed by atoms with van der Waals surface area (Å²) in [6, 6.07) is 0. The van der Waals surface area contributed by atoms with Gasteiger partial charge in [0.1, 0.15) is 6.33 Å². The van der Waals surface area contributed by atoms with E-state index in [0.29, 0.717) is 16.8 Å². The second-order valence-corrected chi connectivity index (χ2v) is 5.40. The average Bonchev–Trinajstić information content (AvgIpc) is 2.32. The fraction of sp³-hybridized carbons (Fsp3) is 0.636. The van der Waals surface area contributed by atoms with Crippen molar-refractivity contribution in [3.63, 3.8) is 0 Å². The van der Waals surface area contributed by atoms with E-state index in [0.717, 1.165) is 6.54 Å². The van der Waals surface area contributed by atoms with E-state index in [-0.39, 0.29) is 5.82 Å². The van der Waals surface area contributed by atoms with Gasteiger partial charge in [0.2, 0.25) is 0 Å². The van der Waals surface area contributed by atoms with Crippen molar-refractivity contribution in [2.45, 2.75) is 31.4 Å². The number of hydrogen-bond donors (Lipinski definition) is 1. The summed E-state index contributed by atoms with van der Waals surface area (Å²) < 4.78 is 13.6. The molecule has 3 nitrogen and oxygen atoms in total. The Morgan fingerprint density at radius 3 is 3.12 bits per heavy atom. The molecule has 0 saturated carbocycles. The SMILES string of the molecule is Cc1ncnc(NCC2CCCCS2)c1F. The fourth-order valence-corrected chi connectivity index (χ4v) is 3.00. The minimum absolute atomic E-state index is 0.330. The van der Waals surface area contributed by atoms with E-state index < -0.39 is 0 Å². The highest BCUT2D eigenvalue weighted by Gasteiger charge is 2.15. The lowest BCUT2D eigenvalue weighted by Gasteiger charge is -2.21. The monoisotopic (exact) mass is 241 g/mol. The van der Waals surface area contributed by atoms with Crippen molar-refractivity contribution in [2.75, 3.05) is 17.6 Å². The number of thioether (sulfide) groups is 1. The Balaban J connectivity index is 1.91. The van der Waals surface area contributed by atoms with Crippen LogP contribution in [0.3, 0.4) is 0 Å². The number of halogens is 1. The van der Waals surface area contributed by atoms with Gasteiger partial charge in [0.15, 0.2) is 11.6 Å². The summed E-state index contributed by atoms with van der Waals surface area (Å²) in [4.78, 5) is 7.72. The molecular formula is C11H16FN3S. The molecule has 1 unspecified atom stereocenters. The fourth-order valence-electron chi connectivity index (χ4n) is 1.76. The quantitative estimate of drug-likeness (QED) is 0.882. The van der Waals surface area contributed by atoms with Crippen LogP contribution < -0.4 is 5.32 Å². The molecule has 1 atom stereocenters. The lowest BCUT2D eigenvalue weighted by Crippen LogP contribution is -2.21. The van der Waals surface area contributed by atoms with Gasteiger partial charge in [0.05, 0.1) is 5.69 Å². The van der Waals surface area contributed by atoms with Crippen molar-refractivity contribution >= 4 is 17.6 Å². The molecule has 0 radical (unpaired) electrons. The van der Waals surface area contributed by atoms with Gasteiger partial charge in [-0.05, 0) is 25.5 Å². The molecule has 16 heavy (non-hydrogen) atoms. The van der Waals surface area contributed by atoms with Gasteiger partial charge in [0, 0.05) is 11.8 Å². The lowest BCUT2D eigenvalue weighted by atomic mass is 10.2. The molecule has 1 aromatic heterocycles. The topological polar surface area (TPSA) is 37.8 Å². The smallest absolute Gasteiger partial charge is 0.186 e. The standard InChI is InChI=1S/C11H16FN3S/c1-8-10(12)11(15-7-14-8)13-6-9-4-2-3-5-16-9/h7,9H,2-6H2,1H3,(H,13,14,15). The van der Waals surface area contributed by atoms with Crippen molar-refractivity contribution in [3.8, 4) is 0 Å². The number of nitrogens with one attached hydrogen (secondary N) is 1. The van der Waals surface area contributed by atoms with Crippen LogP contribution in [0.5, 0.6) is 0 Å². The van der Waals surface area contributed by atoms with Crippen LogP contribution in [0.15, 0.2) is 6.33 Å². The Morgan fingerprint density at radius 1 is 1.50 bits per heavy atom. The van der Waals surface area contributed by atoms with Crippen LogP contribution >= 0.6 is 11.8 Å². The zero-order chi connectivity index (χ0) is 11.4. The Morgan fingerprint density at radius 2 is 2.38 bits per heavy atom. The maximum absolute atomic E-state index is 13.6. The van der Waals surface area contributed by atoms with Gasteiger partial charge >= 0.3 is 0 Å². The number of hydrogen-bond acceptors (Lipinski definition) is 4. The molecule has 0 aromatic carbocycles. The van der Waals surface area contributed by atoms with Crippen molar-refractivity contribution in [1.29, 1.82) is 0 Å². The van der Waals surface area contributed by atoms with Crippen LogP contribution in [0, 0.1) is 12.7 Å². The largest absolute Gasteiger partial charge is 0.366 e. The molecule has 1 aliphatic heterocycles. The van der Waals surface area contributed by atoms with Gasteiger partial charge in [-0.2, -0.15) is 11.8 Å². The molecule has 0 bridgehead atoms. The summed E-state index contributed by atoms with van der Waals surface area (Å²) in [6.07, 6.45) is 5.20. The Labute approximate surface area is 99.3 Å². The van der Waals surface area contributed by atoms with Gasteiger partial charge in [-0.15, -0.1) is 0 Å². The molecule has 2 rings (SSSR count). The molecule has 5 heteroatoms. The summed E-state index contributed by atoms with van der Waals surface area (Å²) in [5.74, 6) is 1.22. The van der Waals surface area contributed by atoms with Crippen molar-refractivity contribution in [3.05, 3.63) is 17.8 Å². The third-order valence-electron chi connectivity index (χ3n) is 2.73. The van der Waals surface area contributed by atoms with Crippen molar-refractivity contribution < 1.29 is 4.39 Å². The first-order valence-electron chi connectivity index (χ1n) is 5.60. The van der Waals surface area contributed by atoms with E-state index in [9.17, 15) is 4.39 Å². The predicted molar refractivity (Wildman–Crippen MR) is 65.3 cm³/mol. The maximum atomic E-state index is 13.6. The van der Waals surface area contributed by atoms with Crippen LogP contribution in [-0.2, 0) is 0 Å². The Hall–Kier alpha value is -0.840. The van der Waals surface area contributed by atoms with Crippen LogP contribution in [0.2, 0.25) is 0 Å². The van der Waals surface area contributed by atoms with Crippen LogP contribution in [0.4, 0.5) is 10.2 Å². The van der Waals surface area contributed by atoms with E-state index in [1.54, 1.807) is 6.92 Å². The second kappa shape index (κ2) is 5.48. The number of rotatable bonds is 3. The summed E-state index contributed by atoms with van der Waals surface area (Å²) >= 11 is 1.96. The van der Waals surface area contributed by atoms with E-state index in [4.69, 9.17) is 0 Å². The number of anilines is 1. The third kappa shape index (κ3) is 2.84. The first-order valence-corrected chi connectivity index (χ1v) is 6.65. The second-order valence-electron chi connectivity index (χ2n) is 3.99. The van der Waals surface area contributed by atoms with E-state index >= 15 is 0 Å². The molecule has 0 aliphatic carbocycles. The summed E-state index contributed by atoms with van der Waals surface area (Å²) in [5, 5.41) is 3.66. The van der Waals surface area contributed by atoms with E-state index in [2.05, 4.69) is 15.3 Å². The lowest BCUT2D eigenvalue weighted by molar-refractivity contribution is 0.602. The van der Waals surface area contributed by atoms with Gasteiger partial charge in [0.25, 0.3) is 0 Å². The minimum Gasteiger partial charge on any atom is -0.366 e. The first kappa shape index (κ1) is 11.6. The number of aryl methyl sites for hydroxylation is 1. The van der Waals surface area contributed by atoms with Crippen molar-refractivity contribution in [1.82, 2.24) is 9.97 Å². The highest BCUT2D eigenvalue weighted by atomic mass is 32.2. The molecule has 0 spiro atoms. The zero-order valence-corrected chi connectivity index (χ0v) is 10.2. The average molecular weight is 241 g/mol. The zero-order valence-electron chi connectivity index (χ0n) is 9.37. The third-order valence-corrected chi connectivity index (χ3v) is 4.13. The molecule has 88 valence electrons. The Kier molecular flexibility index (Phi) is 3.98. The Bertz CT molecular complexity index is 353. The molecule has 1 aromatic rings. The molecule has 1 saturated heterocycles. The number of nitrogens with zero attached hydrogens (tertiary/aromatic N) is 2. The maximum Gasteiger partial charge on any atom is 0.186 e. The predicted octanol–water partition coefficient (Wildman–Crippen LogP) is 2.62.